The van der Waals surface area contributed by atoms with Crippen molar-refractivity contribution in [2.75, 3.05) is 5.73 Å². The summed E-state index contributed by atoms with van der Waals surface area (Å²) >= 11 is 4.90. The fourth-order valence-electron chi connectivity index (χ4n) is 1.67. The number of carbonyl (C=O) groups is 1. The molecule has 0 unspecified atom stereocenters. The van der Waals surface area contributed by atoms with E-state index < -0.39 is 5.97 Å². The van der Waals surface area contributed by atoms with Crippen LogP contribution in [0.1, 0.15) is 28.0 Å². The summed E-state index contributed by atoms with van der Waals surface area (Å²) in [6.45, 7) is 4.49. The van der Waals surface area contributed by atoms with Crippen LogP contribution in [0.2, 0.25) is 0 Å². The molecule has 0 aromatic carbocycles. The maximum Gasteiger partial charge on any atom is 0.359 e. The van der Waals surface area contributed by atoms with E-state index in [1.54, 1.807) is 11.6 Å². The van der Waals surface area contributed by atoms with Gasteiger partial charge >= 0.3 is 5.97 Å². The molecule has 0 fully saturated rings. The van der Waals surface area contributed by atoms with Crippen molar-refractivity contribution in [1.29, 1.82) is 0 Å². The van der Waals surface area contributed by atoms with Crippen LogP contribution in [0.4, 0.5) is 5.69 Å². The van der Waals surface area contributed by atoms with Gasteiger partial charge < -0.3 is 10.5 Å². The Morgan fingerprint density at radius 2 is 2.32 bits per heavy atom. The SMILES string of the molecule is CCn1nc(C)c(N)c1C(=O)OCc1ccc(Br)s1. The van der Waals surface area contributed by atoms with Crippen LogP contribution >= 0.6 is 27.3 Å². The second kappa shape index (κ2) is 5.75. The van der Waals surface area contributed by atoms with Crippen LogP contribution in [0.5, 0.6) is 0 Å². The number of halogens is 1. The molecule has 0 saturated heterocycles. The van der Waals surface area contributed by atoms with Crippen LogP contribution in [-0.2, 0) is 17.9 Å². The third-order valence-electron chi connectivity index (χ3n) is 2.64. The zero-order valence-corrected chi connectivity index (χ0v) is 13.0. The molecule has 2 N–H and O–H groups in total. The van der Waals surface area contributed by atoms with Gasteiger partial charge in [0, 0.05) is 11.4 Å². The van der Waals surface area contributed by atoms with E-state index in [0.29, 0.717) is 23.6 Å². The minimum atomic E-state index is -0.440. The number of aromatic nitrogens is 2. The number of thiophene rings is 1. The first-order valence-corrected chi connectivity index (χ1v) is 7.38. The Kier molecular flexibility index (Phi) is 4.26. The topological polar surface area (TPSA) is 70.1 Å². The molecule has 0 bridgehead atoms. The number of nitrogen functional groups attached to an aromatic ring is 1. The third-order valence-corrected chi connectivity index (χ3v) is 4.24. The molecule has 2 heterocycles. The highest BCUT2D eigenvalue weighted by molar-refractivity contribution is 9.11. The molecule has 0 amide bonds. The average molecular weight is 344 g/mol. The van der Waals surface area contributed by atoms with Crippen molar-refractivity contribution in [3.05, 3.63) is 32.2 Å². The largest absolute Gasteiger partial charge is 0.455 e. The molecule has 19 heavy (non-hydrogen) atoms. The molecule has 0 radical (unpaired) electrons. The first kappa shape index (κ1) is 14.1. The van der Waals surface area contributed by atoms with Crippen LogP contribution in [0, 0.1) is 6.92 Å². The average Bonchev–Trinajstić information content (AvgIpc) is 2.92. The molecule has 0 saturated carbocycles. The van der Waals surface area contributed by atoms with E-state index in [-0.39, 0.29) is 6.61 Å². The first-order chi connectivity index (χ1) is 9.02. The second-order valence-corrected chi connectivity index (χ2v) is 6.49. The van der Waals surface area contributed by atoms with Gasteiger partial charge in [-0.3, -0.25) is 4.68 Å². The summed E-state index contributed by atoms with van der Waals surface area (Å²) in [4.78, 5) is 13.0. The number of anilines is 1. The van der Waals surface area contributed by atoms with Gasteiger partial charge in [-0.15, -0.1) is 11.3 Å². The lowest BCUT2D eigenvalue weighted by Crippen LogP contribution is -2.14. The number of nitrogens with zero attached hydrogens (tertiary/aromatic N) is 2. The minimum Gasteiger partial charge on any atom is -0.455 e. The molecule has 0 spiro atoms. The van der Waals surface area contributed by atoms with Crippen molar-refractivity contribution in [1.82, 2.24) is 9.78 Å². The molecule has 102 valence electrons. The molecule has 0 aliphatic rings. The van der Waals surface area contributed by atoms with Gasteiger partial charge in [-0.1, -0.05) is 0 Å². The third kappa shape index (κ3) is 2.98. The van der Waals surface area contributed by atoms with Crippen LogP contribution in [0.25, 0.3) is 0 Å². The Hall–Kier alpha value is -1.34. The lowest BCUT2D eigenvalue weighted by atomic mass is 10.3. The molecule has 2 aromatic heterocycles. The predicted octanol–water partition coefficient (Wildman–Crippen LogP) is 2.97. The number of carbonyl (C=O) groups excluding carboxylic acids is 1. The zero-order valence-electron chi connectivity index (χ0n) is 10.6. The molecule has 0 aliphatic carbocycles. The van der Waals surface area contributed by atoms with E-state index in [0.717, 1.165) is 8.66 Å². The lowest BCUT2D eigenvalue weighted by molar-refractivity contribution is 0.0463. The van der Waals surface area contributed by atoms with Gasteiger partial charge in [0.25, 0.3) is 0 Å². The number of hydrogen-bond acceptors (Lipinski definition) is 5. The van der Waals surface area contributed by atoms with Crippen LogP contribution in [-0.4, -0.2) is 15.7 Å². The number of ether oxygens (including phenoxy) is 1. The monoisotopic (exact) mass is 343 g/mol. The number of nitrogens with two attached hydrogens (primary N) is 1. The van der Waals surface area contributed by atoms with Gasteiger partial charge in [-0.2, -0.15) is 5.10 Å². The van der Waals surface area contributed by atoms with E-state index in [9.17, 15) is 4.79 Å². The van der Waals surface area contributed by atoms with Crippen LogP contribution in [0.15, 0.2) is 15.9 Å². The summed E-state index contributed by atoms with van der Waals surface area (Å²) in [5.74, 6) is -0.440. The molecular formula is C12H14BrN3O2S. The highest BCUT2D eigenvalue weighted by atomic mass is 79.9. The predicted molar refractivity (Wildman–Crippen MR) is 78.2 cm³/mol. The summed E-state index contributed by atoms with van der Waals surface area (Å²) < 4.78 is 7.85. The Bertz CT molecular complexity index is 606. The number of hydrogen-bond donors (Lipinski definition) is 1. The molecule has 5 nitrogen and oxygen atoms in total. The van der Waals surface area contributed by atoms with Crippen molar-refractivity contribution >= 4 is 38.9 Å². The molecule has 0 aliphatic heterocycles. The molecule has 2 aromatic rings. The molecule has 7 heteroatoms. The maximum absolute atomic E-state index is 12.1. The van der Waals surface area contributed by atoms with Gasteiger partial charge in [0.1, 0.15) is 6.61 Å². The Balaban J connectivity index is 2.12. The standard InChI is InChI=1S/C12H14BrN3O2S/c1-3-16-11(10(14)7(2)15-16)12(17)18-6-8-4-5-9(13)19-8/h4-5H,3,6,14H2,1-2H3. The number of esters is 1. The summed E-state index contributed by atoms with van der Waals surface area (Å²) in [5.41, 5.74) is 7.23. The summed E-state index contributed by atoms with van der Waals surface area (Å²) in [7, 11) is 0. The first-order valence-electron chi connectivity index (χ1n) is 5.77. The van der Waals surface area contributed by atoms with E-state index in [4.69, 9.17) is 10.5 Å². The maximum atomic E-state index is 12.1. The normalized spacial score (nSPS) is 10.7. The Morgan fingerprint density at radius 1 is 1.58 bits per heavy atom. The zero-order chi connectivity index (χ0) is 14.0. The highest BCUT2D eigenvalue weighted by Gasteiger charge is 2.20. The van der Waals surface area contributed by atoms with Gasteiger partial charge in [-0.05, 0) is 41.9 Å². The molecular weight excluding hydrogens is 330 g/mol. The smallest absolute Gasteiger partial charge is 0.359 e. The Morgan fingerprint density at radius 3 is 2.89 bits per heavy atom. The quantitative estimate of drug-likeness (QED) is 0.866. The number of aryl methyl sites for hydroxylation is 2. The Labute approximate surface area is 123 Å². The van der Waals surface area contributed by atoms with Gasteiger partial charge in [0.2, 0.25) is 0 Å². The number of rotatable bonds is 4. The molecule has 0 atom stereocenters. The van der Waals surface area contributed by atoms with E-state index in [2.05, 4.69) is 21.0 Å². The van der Waals surface area contributed by atoms with Crippen molar-refractivity contribution in [3.63, 3.8) is 0 Å². The van der Waals surface area contributed by atoms with Crippen molar-refractivity contribution in [2.45, 2.75) is 27.0 Å². The highest BCUT2D eigenvalue weighted by Crippen LogP contribution is 2.23. The van der Waals surface area contributed by atoms with Crippen molar-refractivity contribution in [2.24, 2.45) is 0 Å². The van der Waals surface area contributed by atoms with E-state index >= 15 is 0 Å². The van der Waals surface area contributed by atoms with Crippen LogP contribution < -0.4 is 5.73 Å². The summed E-state index contributed by atoms with van der Waals surface area (Å²) in [6, 6.07) is 3.83. The van der Waals surface area contributed by atoms with Gasteiger partial charge in [-0.25, -0.2) is 4.79 Å². The summed E-state index contributed by atoms with van der Waals surface area (Å²) in [6.07, 6.45) is 0. The van der Waals surface area contributed by atoms with Crippen molar-refractivity contribution in [3.8, 4) is 0 Å². The van der Waals surface area contributed by atoms with Crippen LogP contribution in [0.3, 0.4) is 0 Å². The minimum absolute atomic E-state index is 0.239. The van der Waals surface area contributed by atoms with Crippen molar-refractivity contribution < 1.29 is 9.53 Å². The fourth-order valence-corrected chi connectivity index (χ4v) is 3.07. The second-order valence-electron chi connectivity index (χ2n) is 3.95. The molecule has 2 rings (SSSR count). The van der Waals surface area contributed by atoms with Gasteiger partial charge in [0.05, 0.1) is 15.2 Å². The fraction of sp³-hybridized carbons (Fsp3) is 0.333. The summed E-state index contributed by atoms with van der Waals surface area (Å²) in [5, 5.41) is 4.19. The lowest BCUT2D eigenvalue weighted by Gasteiger charge is -2.06. The van der Waals surface area contributed by atoms with Gasteiger partial charge in [0.15, 0.2) is 5.69 Å². The van der Waals surface area contributed by atoms with E-state index in [1.807, 2.05) is 19.1 Å². The van der Waals surface area contributed by atoms with E-state index in [1.165, 1.54) is 11.3 Å².